The topological polar surface area (TPSA) is 71.1 Å². The van der Waals surface area contributed by atoms with Gasteiger partial charge >= 0.3 is 0 Å². The van der Waals surface area contributed by atoms with E-state index in [-0.39, 0.29) is 11.8 Å². The van der Waals surface area contributed by atoms with E-state index in [0.29, 0.717) is 37.6 Å². The second kappa shape index (κ2) is 5.79. The minimum Gasteiger partial charge on any atom is -0.459 e. The molecule has 3 aromatic heterocycles. The average Bonchev–Trinajstić information content (AvgIpc) is 3.29. The summed E-state index contributed by atoms with van der Waals surface area (Å²) in [5, 5.41) is 0. The van der Waals surface area contributed by atoms with Crippen LogP contribution in [-0.2, 0) is 0 Å². The molecule has 0 aromatic carbocycles. The van der Waals surface area contributed by atoms with Gasteiger partial charge in [-0.3, -0.25) is 14.0 Å². The Morgan fingerprint density at radius 1 is 1.12 bits per heavy atom. The zero-order valence-corrected chi connectivity index (χ0v) is 14.0. The maximum absolute atomic E-state index is 12.6. The number of carbonyl (C=O) groups is 2. The Labute approximate surface area is 142 Å². The molecule has 24 heavy (non-hydrogen) atoms. The third-order valence-corrected chi connectivity index (χ3v) is 4.99. The molecule has 0 radical (unpaired) electrons. The van der Waals surface area contributed by atoms with Crippen LogP contribution in [0.1, 0.15) is 25.9 Å². The number of rotatable bonds is 2. The van der Waals surface area contributed by atoms with Crippen LogP contribution in [0.15, 0.2) is 35.2 Å². The second-order valence-electron chi connectivity index (χ2n) is 5.72. The first-order valence-electron chi connectivity index (χ1n) is 7.69. The van der Waals surface area contributed by atoms with E-state index in [1.165, 1.54) is 6.26 Å². The highest BCUT2D eigenvalue weighted by molar-refractivity contribution is 7.17. The van der Waals surface area contributed by atoms with Crippen LogP contribution < -0.4 is 0 Å². The normalized spacial score (nSPS) is 15.2. The summed E-state index contributed by atoms with van der Waals surface area (Å²) in [6, 6.07) is 3.35. The van der Waals surface area contributed by atoms with E-state index < -0.39 is 0 Å². The highest BCUT2D eigenvalue weighted by atomic mass is 32.1. The summed E-state index contributed by atoms with van der Waals surface area (Å²) < 4.78 is 7.02. The first-order valence-corrected chi connectivity index (χ1v) is 8.50. The van der Waals surface area contributed by atoms with Gasteiger partial charge in [0.1, 0.15) is 5.69 Å². The largest absolute Gasteiger partial charge is 0.459 e. The van der Waals surface area contributed by atoms with Crippen molar-refractivity contribution in [3.8, 4) is 0 Å². The van der Waals surface area contributed by atoms with Crippen molar-refractivity contribution in [2.75, 3.05) is 26.2 Å². The molecule has 0 bridgehead atoms. The summed E-state index contributed by atoms with van der Waals surface area (Å²) in [5.74, 6) is 0.109. The number of imidazole rings is 1. The maximum Gasteiger partial charge on any atom is 0.289 e. The van der Waals surface area contributed by atoms with E-state index in [1.807, 2.05) is 17.5 Å². The van der Waals surface area contributed by atoms with Crippen molar-refractivity contribution in [3.63, 3.8) is 0 Å². The Morgan fingerprint density at radius 3 is 2.46 bits per heavy atom. The third kappa shape index (κ3) is 2.58. The lowest BCUT2D eigenvalue weighted by molar-refractivity contribution is 0.0515. The summed E-state index contributed by atoms with van der Waals surface area (Å²) in [5.41, 5.74) is 0.451. The van der Waals surface area contributed by atoms with Gasteiger partial charge in [0.2, 0.25) is 0 Å². The molecule has 8 heteroatoms. The molecule has 7 nitrogen and oxygen atoms in total. The van der Waals surface area contributed by atoms with Crippen molar-refractivity contribution in [3.05, 3.63) is 47.1 Å². The van der Waals surface area contributed by atoms with Crippen LogP contribution in [-0.4, -0.2) is 57.2 Å². The molecule has 0 aliphatic carbocycles. The van der Waals surface area contributed by atoms with Gasteiger partial charge in [-0.05, 0) is 19.1 Å². The lowest BCUT2D eigenvalue weighted by atomic mass is 10.2. The fourth-order valence-electron chi connectivity index (χ4n) is 2.84. The van der Waals surface area contributed by atoms with Crippen LogP contribution >= 0.6 is 11.3 Å². The smallest absolute Gasteiger partial charge is 0.289 e. The van der Waals surface area contributed by atoms with Gasteiger partial charge in [0.15, 0.2) is 10.7 Å². The molecule has 0 saturated carbocycles. The predicted molar refractivity (Wildman–Crippen MR) is 88.3 cm³/mol. The number of aryl methyl sites for hydroxylation is 1. The van der Waals surface area contributed by atoms with Crippen LogP contribution in [0.5, 0.6) is 0 Å². The Kier molecular flexibility index (Phi) is 3.61. The number of nitrogens with zero attached hydrogens (tertiary/aromatic N) is 4. The van der Waals surface area contributed by atoms with Gasteiger partial charge in [-0.2, -0.15) is 0 Å². The number of amides is 2. The van der Waals surface area contributed by atoms with Crippen LogP contribution in [0.25, 0.3) is 4.96 Å². The van der Waals surface area contributed by atoms with Crippen molar-refractivity contribution in [1.29, 1.82) is 0 Å². The molecule has 2 amide bonds. The van der Waals surface area contributed by atoms with Crippen LogP contribution in [0.2, 0.25) is 0 Å². The van der Waals surface area contributed by atoms with Crippen molar-refractivity contribution in [2.24, 2.45) is 0 Å². The quantitative estimate of drug-likeness (QED) is 0.712. The van der Waals surface area contributed by atoms with E-state index in [4.69, 9.17) is 4.42 Å². The molecule has 4 rings (SSSR count). The van der Waals surface area contributed by atoms with Gasteiger partial charge in [0.25, 0.3) is 11.8 Å². The van der Waals surface area contributed by atoms with Gasteiger partial charge in [-0.25, -0.2) is 4.98 Å². The molecular formula is C16H16N4O3S. The zero-order valence-electron chi connectivity index (χ0n) is 13.1. The number of aromatic nitrogens is 2. The molecule has 124 valence electrons. The maximum atomic E-state index is 12.6. The molecule has 0 spiro atoms. The lowest BCUT2D eigenvalue weighted by Crippen LogP contribution is -2.50. The van der Waals surface area contributed by atoms with Gasteiger partial charge in [0.05, 0.1) is 6.26 Å². The first-order chi connectivity index (χ1) is 11.6. The van der Waals surface area contributed by atoms with Crippen molar-refractivity contribution >= 4 is 28.1 Å². The van der Waals surface area contributed by atoms with Crippen LogP contribution in [0.4, 0.5) is 0 Å². The van der Waals surface area contributed by atoms with Crippen LogP contribution in [0, 0.1) is 6.92 Å². The number of piperazine rings is 1. The van der Waals surface area contributed by atoms with Gasteiger partial charge in [-0.15, -0.1) is 11.3 Å². The van der Waals surface area contributed by atoms with Crippen molar-refractivity contribution in [1.82, 2.24) is 19.2 Å². The number of hydrogen-bond donors (Lipinski definition) is 0. The van der Waals surface area contributed by atoms with Gasteiger partial charge in [0, 0.05) is 43.4 Å². The number of carbonyl (C=O) groups excluding carboxylic acids is 2. The van der Waals surface area contributed by atoms with Gasteiger partial charge < -0.3 is 14.2 Å². The Bertz CT molecular complexity index is 856. The Balaban J connectivity index is 1.42. The van der Waals surface area contributed by atoms with Crippen molar-refractivity contribution < 1.29 is 14.0 Å². The minimum atomic E-state index is -0.134. The molecule has 1 saturated heterocycles. The summed E-state index contributed by atoms with van der Waals surface area (Å²) in [6.07, 6.45) is 5.21. The standard InChI is InChI=1S/C16H16N4O3S/c1-11-9-20-10-12(17-16(20)24-11)14(21)18-4-6-19(7-5-18)15(22)13-3-2-8-23-13/h2-3,8-10H,4-7H2,1H3. The summed E-state index contributed by atoms with van der Waals surface area (Å²) in [4.78, 5) is 34.6. The zero-order chi connectivity index (χ0) is 16.7. The minimum absolute atomic E-state index is 0.0892. The highest BCUT2D eigenvalue weighted by Crippen LogP contribution is 2.18. The highest BCUT2D eigenvalue weighted by Gasteiger charge is 2.27. The molecule has 3 aromatic rings. The van der Waals surface area contributed by atoms with Crippen molar-refractivity contribution in [2.45, 2.75) is 6.92 Å². The monoisotopic (exact) mass is 344 g/mol. The van der Waals surface area contributed by atoms with Gasteiger partial charge in [-0.1, -0.05) is 0 Å². The fraction of sp³-hybridized carbons (Fsp3) is 0.312. The van der Waals surface area contributed by atoms with E-state index in [0.717, 1.165) is 9.84 Å². The lowest BCUT2D eigenvalue weighted by Gasteiger charge is -2.33. The number of thiazole rings is 1. The van der Waals surface area contributed by atoms with E-state index >= 15 is 0 Å². The van der Waals surface area contributed by atoms with E-state index in [2.05, 4.69) is 4.98 Å². The molecule has 1 aliphatic rings. The predicted octanol–water partition coefficient (Wildman–Crippen LogP) is 1.90. The fourth-order valence-corrected chi connectivity index (χ4v) is 3.65. The number of furan rings is 1. The molecule has 4 heterocycles. The number of hydrogen-bond acceptors (Lipinski definition) is 5. The molecule has 1 aliphatic heterocycles. The van der Waals surface area contributed by atoms with E-state index in [1.54, 1.807) is 39.5 Å². The van der Waals surface area contributed by atoms with E-state index in [9.17, 15) is 9.59 Å². The third-order valence-electron chi connectivity index (χ3n) is 4.08. The number of fused-ring (bicyclic) bond motifs is 1. The summed E-state index contributed by atoms with van der Waals surface area (Å²) in [6.45, 7) is 3.99. The summed E-state index contributed by atoms with van der Waals surface area (Å²) >= 11 is 1.56. The molecule has 0 atom stereocenters. The first kappa shape index (κ1) is 14.9. The summed E-state index contributed by atoms with van der Waals surface area (Å²) in [7, 11) is 0. The van der Waals surface area contributed by atoms with Crippen LogP contribution in [0.3, 0.4) is 0 Å². The molecule has 0 N–H and O–H groups in total. The Morgan fingerprint density at radius 2 is 1.83 bits per heavy atom. The molecular weight excluding hydrogens is 328 g/mol. The molecule has 1 fully saturated rings. The average molecular weight is 344 g/mol. The second-order valence-corrected chi connectivity index (χ2v) is 6.93. The Hall–Kier alpha value is -2.61. The SMILES string of the molecule is Cc1cn2cc(C(=O)N3CCN(C(=O)c4ccco4)CC3)nc2s1. The molecule has 0 unspecified atom stereocenters.